The molecule has 0 radical (unpaired) electrons. The largest absolute Gasteiger partial charge is 0.462 e. The monoisotopic (exact) mass is 370 g/mol. The number of anilines is 1. The molecule has 0 unspecified atom stereocenters. The third-order valence-electron chi connectivity index (χ3n) is 4.04. The number of non-ortho nitro benzene ring substituents is 1. The van der Waals surface area contributed by atoms with Gasteiger partial charge in [-0.05, 0) is 31.2 Å². The molecule has 0 amide bonds. The van der Waals surface area contributed by atoms with Crippen LogP contribution in [0.2, 0.25) is 0 Å². The van der Waals surface area contributed by atoms with Crippen molar-refractivity contribution in [3.63, 3.8) is 0 Å². The molecular weight excluding hydrogens is 356 g/mol. The molecule has 0 aliphatic carbocycles. The maximum absolute atomic E-state index is 12.7. The standard InChI is InChI=1S/C17H14N4O4S/c1-11-2-7-14(25-11)8-15-16(22)20-10-19(9-18-17(20)26-15)12-3-5-13(6-4-12)21(23)24/h2-8H,9-10H2,1H3/b15-8-. The second-order valence-electron chi connectivity index (χ2n) is 5.83. The Labute approximate surface area is 151 Å². The van der Waals surface area contributed by atoms with E-state index in [-0.39, 0.29) is 11.2 Å². The maximum Gasteiger partial charge on any atom is 0.271 e. The molecule has 1 aliphatic heterocycles. The minimum absolute atomic E-state index is 0.0294. The second kappa shape index (κ2) is 6.26. The van der Waals surface area contributed by atoms with Gasteiger partial charge in [0.15, 0.2) is 4.80 Å². The van der Waals surface area contributed by atoms with Crippen LogP contribution in [0.15, 0.2) is 50.6 Å². The molecule has 0 saturated heterocycles. The molecule has 0 spiro atoms. The number of furan rings is 1. The number of thiazole rings is 1. The van der Waals surface area contributed by atoms with Crippen molar-refractivity contribution in [2.24, 2.45) is 4.99 Å². The smallest absolute Gasteiger partial charge is 0.271 e. The van der Waals surface area contributed by atoms with Crippen LogP contribution in [0, 0.1) is 17.0 Å². The Morgan fingerprint density at radius 1 is 1.27 bits per heavy atom. The quantitative estimate of drug-likeness (QED) is 0.516. The average Bonchev–Trinajstić information content (AvgIpc) is 3.18. The summed E-state index contributed by atoms with van der Waals surface area (Å²) in [6.45, 7) is 2.58. The van der Waals surface area contributed by atoms with Crippen LogP contribution in [0.4, 0.5) is 11.4 Å². The highest BCUT2D eigenvalue weighted by Gasteiger charge is 2.17. The van der Waals surface area contributed by atoms with Crippen molar-refractivity contribution in [2.45, 2.75) is 13.6 Å². The number of hydrogen-bond donors (Lipinski definition) is 0. The maximum atomic E-state index is 12.7. The zero-order valence-corrected chi connectivity index (χ0v) is 14.6. The van der Waals surface area contributed by atoms with Crippen molar-refractivity contribution in [2.75, 3.05) is 11.6 Å². The normalized spacial score (nSPS) is 14.2. The van der Waals surface area contributed by atoms with Crippen LogP contribution in [0.3, 0.4) is 0 Å². The van der Waals surface area contributed by atoms with E-state index in [9.17, 15) is 14.9 Å². The third-order valence-corrected chi connectivity index (χ3v) is 5.08. The van der Waals surface area contributed by atoms with Crippen molar-refractivity contribution in [3.8, 4) is 0 Å². The molecule has 0 N–H and O–H groups in total. The average molecular weight is 370 g/mol. The minimum atomic E-state index is -0.440. The van der Waals surface area contributed by atoms with Gasteiger partial charge in [-0.25, -0.2) is 4.99 Å². The molecule has 8 nitrogen and oxygen atoms in total. The van der Waals surface area contributed by atoms with Gasteiger partial charge in [0.1, 0.15) is 24.9 Å². The Morgan fingerprint density at radius 3 is 2.69 bits per heavy atom. The van der Waals surface area contributed by atoms with Gasteiger partial charge in [0, 0.05) is 23.9 Å². The SMILES string of the molecule is Cc1ccc(/C=c2\sc3n(c2=O)CN(c2ccc([N+](=O)[O-])cc2)CN=3)o1. The van der Waals surface area contributed by atoms with Gasteiger partial charge in [0.05, 0.1) is 9.46 Å². The number of nitro groups is 1. The summed E-state index contributed by atoms with van der Waals surface area (Å²) in [7, 11) is 0. The Bertz CT molecular complexity index is 1160. The molecule has 9 heteroatoms. The van der Waals surface area contributed by atoms with E-state index in [2.05, 4.69) is 4.99 Å². The Kier molecular flexibility index (Phi) is 3.92. The van der Waals surface area contributed by atoms with Gasteiger partial charge in [-0.15, -0.1) is 0 Å². The van der Waals surface area contributed by atoms with Crippen LogP contribution < -0.4 is 19.8 Å². The van der Waals surface area contributed by atoms with E-state index in [0.717, 1.165) is 11.4 Å². The predicted molar refractivity (Wildman–Crippen MR) is 96.8 cm³/mol. The van der Waals surface area contributed by atoms with E-state index in [1.54, 1.807) is 22.8 Å². The fourth-order valence-corrected chi connectivity index (χ4v) is 3.66. The molecule has 132 valence electrons. The van der Waals surface area contributed by atoms with Crippen LogP contribution in [-0.4, -0.2) is 16.2 Å². The van der Waals surface area contributed by atoms with Gasteiger partial charge in [0.2, 0.25) is 0 Å². The summed E-state index contributed by atoms with van der Waals surface area (Å²) in [4.78, 5) is 30.0. The molecule has 0 bridgehead atoms. The first-order chi connectivity index (χ1) is 12.5. The molecule has 3 aromatic rings. The number of fused-ring (bicyclic) bond motifs is 1. The van der Waals surface area contributed by atoms with E-state index in [1.807, 2.05) is 24.0 Å². The van der Waals surface area contributed by atoms with Gasteiger partial charge < -0.3 is 9.32 Å². The number of aromatic nitrogens is 1. The summed E-state index contributed by atoms with van der Waals surface area (Å²) in [5.41, 5.74) is 0.673. The van der Waals surface area contributed by atoms with Crippen LogP contribution in [0.1, 0.15) is 11.5 Å². The molecule has 1 aromatic carbocycles. The summed E-state index contributed by atoms with van der Waals surface area (Å²) < 4.78 is 7.66. The molecule has 0 saturated carbocycles. The fraction of sp³-hybridized carbons (Fsp3) is 0.176. The van der Waals surface area contributed by atoms with E-state index < -0.39 is 4.92 Å². The summed E-state index contributed by atoms with van der Waals surface area (Å²) >= 11 is 1.32. The van der Waals surface area contributed by atoms with Gasteiger partial charge >= 0.3 is 0 Å². The first kappa shape index (κ1) is 16.3. The topological polar surface area (TPSA) is 93.9 Å². The van der Waals surface area contributed by atoms with E-state index in [1.165, 1.54) is 23.5 Å². The van der Waals surface area contributed by atoms with Crippen molar-refractivity contribution >= 4 is 28.8 Å². The van der Waals surface area contributed by atoms with E-state index in [0.29, 0.717) is 28.4 Å². The Hall–Kier alpha value is -3.20. The lowest BCUT2D eigenvalue weighted by atomic mass is 10.2. The Morgan fingerprint density at radius 2 is 2.04 bits per heavy atom. The second-order valence-corrected chi connectivity index (χ2v) is 6.84. The van der Waals surface area contributed by atoms with Crippen molar-refractivity contribution in [1.29, 1.82) is 0 Å². The molecule has 0 fully saturated rings. The summed E-state index contributed by atoms with van der Waals surface area (Å²) in [6, 6.07) is 9.87. The van der Waals surface area contributed by atoms with Gasteiger partial charge in [-0.1, -0.05) is 11.3 Å². The highest BCUT2D eigenvalue weighted by molar-refractivity contribution is 7.07. The van der Waals surface area contributed by atoms with E-state index >= 15 is 0 Å². The highest BCUT2D eigenvalue weighted by Crippen LogP contribution is 2.20. The van der Waals surface area contributed by atoms with Crippen molar-refractivity contribution in [1.82, 2.24) is 4.57 Å². The van der Waals surface area contributed by atoms with Crippen molar-refractivity contribution in [3.05, 3.63) is 77.7 Å². The number of benzene rings is 1. The van der Waals surface area contributed by atoms with Crippen LogP contribution in [-0.2, 0) is 6.67 Å². The molecule has 26 heavy (non-hydrogen) atoms. The summed E-state index contributed by atoms with van der Waals surface area (Å²) in [5.74, 6) is 1.41. The molecule has 1 aliphatic rings. The van der Waals surface area contributed by atoms with E-state index in [4.69, 9.17) is 4.42 Å². The molecule has 2 aromatic heterocycles. The lowest BCUT2D eigenvalue weighted by Gasteiger charge is -2.25. The van der Waals surface area contributed by atoms with Crippen LogP contribution in [0.25, 0.3) is 6.08 Å². The number of hydrogen-bond acceptors (Lipinski definition) is 7. The Balaban J connectivity index is 1.66. The molecule has 0 atom stereocenters. The molecular formula is C17H14N4O4S. The van der Waals surface area contributed by atoms with Crippen LogP contribution in [0.5, 0.6) is 0 Å². The number of nitro benzene ring substituents is 1. The summed E-state index contributed by atoms with van der Waals surface area (Å²) in [5, 5.41) is 10.8. The number of rotatable bonds is 3. The van der Waals surface area contributed by atoms with Crippen LogP contribution >= 0.6 is 11.3 Å². The molecule has 3 heterocycles. The number of nitrogens with zero attached hydrogens (tertiary/aromatic N) is 4. The highest BCUT2D eigenvalue weighted by atomic mass is 32.1. The molecule has 4 rings (SSSR count). The minimum Gasteiger partial charge on any atom is -0.462 e. The zero-order chi connectivity index (χ0) is 18.3. The number of aryl methyl sites for hydroxylation is 1. The first-order valence-electron chi connectivity index (χ1n) is 7.83. The van der Waals surface area contributed by atoms with Gasteiger partial charge in [0.25, 0.3) is 11.2 Å². The van der Waals surface area contributed by atoms with Gasteiger partial charge in [-0.3, -0.25) is 19.5 Å². The fourth-order valence-electron chi connectivity index (χ4n) is 2.72. The summed E-state index contributed by atoms with van der Waals surface area (Å²) in [6.07, 6.45) is 1.72. The third kappa shape index (κ3) is 2.93. The van der Waals surface area contributed by atoms with Crippen molar-refractivity contribution < 1.29 is 9.34 Å². The van der Waals surface area contributed by atoms with Gasteiger partial charge in [-0.2, -0.15) is 0 Å². The first-order valence-corrected chi connectivity index (χ1v) is 8.64. The lowest BCUT2D eigenvalue weighted by molar-refractivity contribution is -0.384. The lowest BCUT2D eigenvalue weighted by Crippen LogP contribution is -2.42. The zero-order valence-electron chi connectivity index (χ0n) is 13.8. The predicted octanol–water partition coefficient (Wildman–Crippen LogP) is 1.60.